The second-order valence-electron chi connectivity index (χ2n) is 5.05. The Bertz CT molecular complexity index is 154. The van der Waals surface area contributed by atoms with Crippen molar-refractivity contribution in [3.8, 4) is 0 Å². The van der Waals surface area contributed by atoms with Crippen molar-refractivity contribution in [1.82, 2.24) is 9.80 Å². The minimum absolute atomic E-state index is 0.753. The molecule has 0 spiro atoms. The zero-order valence-corrected chi connectivity index (χ0v) is 11.5. The Morgan fingerprint density at radius 3 is 1.69 bits per heavy atom. The molecule has 0 aromatic heterocycles. The predicted octanol–water partition coefficient (Wildman–Crippen LogP) is 3.33. The summed E-state index contributed by atoms with van der Waals surface area (Å²) in [4.78, 5) is 5.42. The molecular weight excluding hydrogens is 196 g/mol. The molecule has 0 aromatic carbocycles. The van der Waals surface area contributed by atoms with Gasteiger partial charge in [0.1, 0.15) is 0 Å². The van der Waals surface area contributed by atoms with Gasteiger partial charge in [-0.15, -0.1) is 0 Å². The summed E-state index contributed by atoms with van der Waals surface area (Å²) in [6.07, 6.45) is 8.80. The molecule has 96 valence electrons. The van der Waals surface area contributed by atoms with Crippen LogP contribution < -0.4 is 0 Å². The summed E-state index contributed by atoms with van der Waals surface area (Å²) in [6.45, 7) is 12.1. The number of hydrogen-bond donors (Lipinski definition) is 0. The zero-order valence-electron chi connectivity index (χ0n) is 11.5. The fourth-order valence-corrected chi connectivity index (χ4v) is 2.65. The maximum absolute atomic E-state index is 2.71. The average Bonchev–Trinajstić information content (AvgIpc) is 2.67. The smallest absolute Gasteiger partial charge is 0.0623 e. The van der Waals surface area contributed by atoms with Crippen molar-refractivity contribution in [3.63, 3.8) is 0 Å². The number of rotatable bonds is 8. The Morgan fingerprint density at radius 2 is 1.31 bits per heavy atom. The van der Waals surface area contributed by atoms with Crippen LogP contribution in [0.2, 0.25) is 0 Å². The molecule has 0 aliphatic carbocycles. The largest absolute Gasteiger partial charge is 0.287 e. The fraction of sp³-hybridized carbons (Fsp3) is 1.00. The van der Waals surface area contributed by atoms with E-state index < -0.39 is 0 Å². The molecule has 0 N–H and O–H groups in total. The first-order chi connectivity index (χ1) is 7.83. The molecular formula is C14H30N2. The summed E-state index contributed by atoms with van der Waals surface area (Å²) < 4.78 is 0. The fourth-order valence-electron chi connectivity index (χ4n) is 2.65. The van der Waals surface area contributed by atoms with Gasteiger partial charge in [-0.3, -0.25) is 9.80 Å². The molecule has 2 nitrogen and oxygen atoms in total. The molecule has 1 saturated heterocycles. The molecule has 1 aliphatic heterocycles. The summed E-state index contributed by atoms with van der Waals surface area (Å²) in [5.41, 5.74) is 0. The van der Waals surface area contributed by atoms with E-state index in [4.69, 9.17) is 0 Å². The Kier molecular flexibility index (Phi) is 7.06. The molecule has 0 atom stereocenters. The molecule has 1 fully saturated rings. The van der Waals surface area contributed by atoms with Gasteiger partial charge in [0.05, 0.1) is 6.17 Å². The summed E-state index contributed by atoms with van der Waals surface area (Å²) in [5, 5.41) is 0. The minimum atomic E-state index is 0.753. The molecule has 0 saturated carbocycles. The SMILES string of the molecule is CCCCN1CCN(CCCC)C1CCC. The summed E-state index contributed by atoms with van der Waals surface area (Å²) in [5.74, 6) is 0. The molecule has 1 aliphatic rings. The topological polar surface area (TPSA) is 6.48 Å². The Hall–Kier alpha value is -0.0800. The lowest BCUT2D eigenvalue weighted by atomic mass is 10.2. The van der Waals surface area contributed by atoms with E-state index in [-0.39, 0.29) is 0 Å². The van der Waals surface area contributed by atoms with Crippen molar-refractivity contribution in [1.29, 1.82) is 0 Å². The summed E-state index contributed by atoms with van der Waals surface area (Å²) in [6, 6.07) is 0. The van der Waals surface area contributed by atoms with Crippen LogP contribution in [0.3, 0.4) is 0 Å². The highest BCUT2D eigenvalue weighted by molar-refractivity contribution is 4.81. The van der Waals surface area contributed by atoms with Crippen LogP contribution in [-0.4, -0.2) is 42.1 Å². The third-order valence-corrected chi connectivity index (χ3v) is 3.66. The predicted molar refractivity (Wildman–Crippen MR) is 71.7 cm³/mol. The van der Waals surface area contributed by atoms with Gasteiger partial charge in [0, 0.05) is 13.1 Å². The third-order valence-electron chi connectivity index (χ3n) is 3.66. The normalized spacial score (nSPS) is 19.7. The molecule has 0 radical (unpaired) electrons. The summed E-state index contributed by atoms with van der Waals surface area (Å²) in [7, 11) is 0. The number of unbranched alkanes of at least 4 members (excludes halogenated alkanes) is 2. The molecule has 0 amide bonds. The molecule has 16 heavy (non-hydrogen) atoms. The maximum atomic E-state index is 2.71. The van der Waals surface area contributed by atoms with E-state index in [1.54, 1.807) is 0 Å². The highest BCUT2D eigenvalue weighted by Gasteiger charge is 2.29. The van der Waals surface area contributed by atoms with E-state index in [0.717, 1.165) is 6.17 Å². The number of hydrogen-bond acceptors (Lipinski definition) is 2. The molecule has 1 heterocycles. The third kappa shape index (κ3) is 4.06. The van der Waals surface area contributed by atoms with Crippen LogP contribution >= 0.6 is 0 Å². The van der Waals surface area contributed by atoms with E-state index in [0.29, 0.717) is 0 Å². The van der Waals surface area contributed by atoms with Crippen molar-refractivity contribution < 1.29 is 0 Å². The van der Waals surface area contributed by atoms with Gasteiger partial charge in [0.25, 0.3) is 0 Å². The van der Waals surface area contributed by atoms with Crippen LogP contribution in [0.25, 0.3) is 0 Å². The van der Waals surface area contributed by atoms with Gasteiger partial charge in [-0.25, -0.2) is 0 Å². The highest BCUT2D eigenvalue weighted by atomic mass is 15.4. The first-order valence-electron chi connectivity index (χ1n) is 7.31. The van der Waals surface area contributed by atoms with Crippen molar-refractivity contribution in [2.45, 2.75) is 65.5 Å². The highest BCUT2D eigenvalue weighted by Crippen LogP contribution is 2.20. The zero-order chi connectivity index (χ0) is 11.8. The van der Waals surface area contributed by atoms with E-state index in [1.807, 2.05) is 0 Å². The second kappa shape index (κ2) is 8.08. The minimum Gasteiger partial charge on any atom is -0.287 e. The van der Waals surface area contributed by atoms with Crippen molar-refractivity contribution in [2.75, 3.05) is 26.2 Å². The Balaban J connectivity index is 2.40. The van der Waals surface area contributed by atoms with Crippen LogP contribution in [-0.2, 0) is 0 Å². The molecule has 1 rings (SSSR count). The lowest BCUT2D eigenvalue weighted by molar-refractivity contribution is 0.123. The lowest BCUT2D eigenvalue weighted by Gasteiger charge is -2.30. The van der Waals surface area contributed by atoms with E-state index in [1.165, 1.54) is 64.7 Å². The molecule has 0 bridgehead atoms. The maximum Gasteiger partial charge on any atom is 0.0623 e. The van der Waals surface area contributed by atoms with Crippen LogP contribution in [0.5, 0.6) is 0 Å². The monoisotopic (exact) mass is 226 g/mol. The van der Waals surface area contributed by atoms with Crippen LogP contribution in [0, 0.1) is 0 Å². The van der Waals surface area contributed by atoms with Gasteiger partial charge in [-0.2, -0.15) is 0 Å². The van der Waals surface area contributed by atoms with E-state index >= 15 is 0 Å². The quantitative estimate of drug-likeness (QED) is 0.626. The lowest BCUT2D eigenvalue weighted by Crippen LogP contribution is -2.39. The van der Waals surface area contributed by atoms with E-state index in [2.05, 4.69) is 30.6 Å². The first kappa shape index (κ1) is 14.0. The van der Waals surface area contributed by atoms with Gasteiger partial charge >= 0.3 is 0 Å². The van der Waals surface area contributed by atoms with Crippen molar-refractivity contribution >= 4 is 0 Å². The van der Waals surface area contributed by atoms with Crippen molar-refractivity contribution in [2.24, 2.45) is 0 Å². The average molecular weight is 226 g/mol. The van der Waals surface area contributed by atoms with Crippen LogP contribution in [0.15, 0.2) is 0 Å². The number of nitrogens with zero attached hydrogens (tertiary/aromatic N) is 2. The van der Waals surface area contributed by atoms with Crippen LogP contribution in [0.1, 0.15) is 59.3 Å². The molecule has 0 unspecified atom stereocenters. The first-order valence-corrected chi connectivity index (χ1v) is 7.31. The van der Waals surface area contributed by atoms with Gasteiger partial charge in [-0.1, -0.05) is 40.0 Å². The Morgan fingerprint density at radius 1 is 0.812 bits per heavy atom. The van der Waals surface area contributed by atoms with Crippen molar-refractivity contribution in [3.05, 3.63) is 0 Å². The molecule has 2 heteroatoms. The summed E-state index contributed by atoms with van der Waals surface area (Å²) >= 11 is 0. The van der Waals surface area contributed by atoms with Crippen LogP contribution in [0.4, 0.5) is 0 Å². The van der Waals surface area contributed by atoms with E-state index in [9.17, 15) is 0 Å². The van der Waals surface area contributed by atoms with Gasteiger partial charge < -0.3 is 0 Å². The van der Waals surface area contributed by atoms with Gasteiger partial charge in [0.15, 0.2) is 0 Å². The van der Waals surface area contributed by atoms with Gasteiger partial charge in [0.2, 0.25) is 0 Å². The molecule has 0 aromatic rings. The Labute approximate surface area is 102 Å². The second-order valence-corrected chi connectivity index (χ2v) is 5.05. The standard InChI is InChI=1S/C14H30N2/c1-4-7-10-15-12-13-16(11-8-5-2)14(15)9-6-3/h14H,4-13H2,1-3H3. The van der Waals surface area contributed by atoms with Gasteiger partial charge in [-0.05, 0) is 32.4 Å².